The summed E-state index contributed by atoms with van der Waals surface area (Å²) in [4.78, 5) is 66.1. The molecule has 40 heteroatoms. The highest BCUT2D eigenvalue weighted by molar-refractivity contribution is 6.75. The maximum Gasteiger partial charge on any atom is 0.229 e. The van der Waals surface area contributed by atoms with Crippen LogP contribution >= 0.6 is 47.2 Å². The number of anilines is 8. The average molecular weight is 2150 g/mol. The van der Waals surface area contributed by atoms with E-state index in [2.05, 4.69) is 256 Å². The Hall–Kier alpha value is -11.9. The summed E-state index contributed by atoms with van der Waals surface area (Å²) in [7, 11) is -5.40. The lowest BCUT2D eigenvalue weighted by Gasteiger charge is -2.36. The van der Waals surface area contributed by atoms with Crippen molar-refractivity contribution in [3.63, 3.8) is 0 Å². The van der Waals surface area contributed by atoms with Gasteiger partial charge in [0.1, 0.15) is 22.8 Å². The number of aliphatic hydroxyl groups is 1. The summed E-state index contributed by atoms with van der Waals surface area (Å²) in [5.74, 6) is 4.32. The number of halogens is 4. The van der Waals surface area contributed by atoms with Crippen LogP contribution in [-0.4, -0.2) is 228 Å². The van der Waals surface area contributed by atoms with Gasteiger partial charge in [-0.2, -0.15) is 34.9 Å². The Morgan fingerprint density at radius 1 is 0.351 bits per heavy atom. The number of hydrogen-bond acceptors (Lipinski definition) is 29. The molecule has 148 heavy (non-hydrogen) atoms. The first-order valence-corrected chi connectivity index (χ1v) is 60.3. The van der Waals surface area contributed by atoms with Gasteiger partial charge in [0.05, 0.1) is 69.9 Å². The molecule has 0 saturated carbocycles. The molecule has 3 saturated heterocycles. The van der Waals surface area contributed by atoms with Gasteiger partial charge in [0.2, 0.25) is 22.5 Å². The van der Waals surface area contributed by atoms with Crippen molar-refractivity contribution in [3.8, 4) is 17.2 Å². The predicted molar refractivity (Wildman–Crippen MR) is 613 cm³/mol. The van der Waals surface area contributed by atoms with E-state index >= 15 is 0 Å². The second kappa shape index (κ2) is 52.0. The van der Waals surface area contributed by atoms with Crippen molar-refractivity contribution in [2.75, 3.05) is 145 Å². The number of phenols is 3. The highest BCUT2D eigenvalue weighted by Crippen LogP contribution is 2.41. The Morgan fingerprint density at radius 2 is 0.622 bits per heavy atom. The fourth-order valence-electron chi connectivity index (χ4n) is 16.0. The van der Waals surface area contributed by atoms with E-state index in [9.17, 15) is 15.3 Å². The van der Waals surface area contributed by atoms with Crippen molar-refractivity contribution in [1.82, 2.24) is 83.4 Å². The molecule has 0 radical (unpaired) electrons. The van der Waals surface area contributed by atoms with Gasteiger partial charge in [-0.3, -0.25) is 0 Å². The van der Waals surface area contributed by atoms with Crippen LogP contribution in [0, 0.1) is 0 Å². The number of aliphatic hydroxyl groups excluding tert-OH is 1. The van der Waals surface area contributed by atoms with Crippen LogP contribution in [0.2, 0.25) is 70.1 Å². The largest absolute Gasteiger partial charge is 0.508 e. The molecule has 11 heterocycles. The Morgan fingerprint density at radius 3 is 0.926 bits per heavy atom. The third kappa shape index (κ3) is 30.9. The fraction of sp³-hybridized carbons (Fsp3) is 0.426. The van der Waals surface area contributed by atoms with Crippen LogP contribution < -0.4 is 51.5 Å². The average Bonchev–Trinajstić information content (AvgIpc) is 1.62. The van der Waals surface area contributed by atoms with Crippen molar-refractivity contribution < 1.29 is 33.7 Å². The molecule has 3 fully saturated rings. The van der Waals surface area contributed by atoms with Crippen molar-refractivity contribution >= 4 is 163 Å². The summed E-state index contributed by atoms with van der Waals surface area (Å²) in [6.45, 7) is 57.0. The van der Waals surface area contributed by atoms with Gasteiger partial charge in [0.15, 0.2) is 86.7 Å². The number of phenolic OH excluding ortho intramolecular Hbond substituents is 3. The molecule has 0 bridgehead atoms. The van der Waals surface area contributed by atoms with Crippen LogP contribution in [-0.2, 0) is 39.5 Å². The third-order valence-corrected chi connectivity index (χ3v) is 42.3. The van der Waals surface area contributed by atoms with Gasteiger partial charge in [0, 0.05) is 128 Å². The zero-order valence-electron chi connectivity index (χ0n) is 88.8. The highest BCUT2D eigenvalue weighted by atomic mass is 35.5. The summed E-state index contributed by atoms with van der Waals surface area (Å²) in [6, 6.07) is 63.3. The molecular weight excluding hydrogens is 2000 g/mol. The monoisotopic (exact) mass is 2150 g/mol. The number of nitrogens with zero attached hydrogens (tertiary/aromatic N) is 21. The smallest absolute Gasteiger partial charge is 0.229 e. The van der Waals surface area contributed by atoms with Gasteiger partial charge in [-0.1, -0.05) is 195 Å². The number of fused-ring (bicyclic) bond motifs is 4. The third-order valence-electron chi connectivity index (χ3n) is 28.0. The summed E-state index contributed by atoms with van der Waals surface area (Å²) >= 11 is 18.1. The van der Waals surface area contributed by atoms with Gasteiger partial charge in [-0.05, 0) is 200 Å². The molecule has 0 aliphatic carbocycles. The standard InChI is InChI=1S/C31H43N7O2Si.C25H29N7O2.C21H30ClN5OSi.C13H20Cl2N4OSi.C10H14N2O.C8H11N.ClH/c1-23(24-10-8-7-9-11-24)33-28-27-29(38(22-32-27)20-21-40-41(5,6)31(2,3)4)35-30(34-28)37-18-16-36(17-19-37)25-12-14-26(39)15-13-25;1-18(19-5-3-2-4-6-19)27-23-22-24(32(15-16-33)17-26-22)29-25(28-23)31-13-11-30(12-14-31)20-7-9-21(34)10-8-20;1-15(16-10-8-7-9-11-16)24-18-17-19(26-20(22)25-18)27(14-23-17)12-13-28-29(5,6)21(2,3)4;1-13(2,3)21(4,5)20-7-6-19-8-16-9-10(14)17-12(15)18-11(9)19;13-10-3-1-9(2-4-10)12-7-5-11-6-8-12;1-7(9)8-5-3-2-4-6-8;/h7-15,22-23,39H,16-21H2,1-6H3,(H,33,34,35);2-10,17-18,33-34H,11-16H2,1H3,(H,27,28,29);7-11,14-15H,12-13H2,1-6H3,(H,24,25,26);8H,6-7H2,1-5H3;1-4,11,13H,5-8H2;2-7H,9H2,1H3;1H/t23-;18-;15-;;;7-;/m000..0./s1. The molecular formula is C108H148Cl4N26O7Si3. The molecule has 0 spiro atoms. The molecule has 33 nitrogen and oxygen atoms in total. The van der Waals surface area contributed by atoms with Crippen molar-refractivity contribution in [3.05, 3.63) is 257 Å². The van der Waals surface area contributed by atoms with E-state index in [0.29, 0.717) is 109 Å². The van der Waals surface area contributed by atoms with Gasteiger partial charge in [0.25, 0.3) is 0 Å². The zero-order valence-corrected chi connectivity index (χ0v) is 94.8. The minimum Gasteiger partial charge on any atom is -0.508 e. The molecule has 0 amide bonds. The first-order valence-electron chi connectivity index (χ1n) is 50.5. The summed E-state index contributed by atoms with van der Waals surface area (Å²) in [5, 5.41) is 52.9. The highest BCUT2D eigenvalue weighted by Gasteiger charge is 2.40. The van der Waals surface area contributed by atoms with Gasteiger partial charge < -0.3 is 103 Å². The van der Waals surface area contributed by atoms with E-state index in [0.717, 1.165) is 118 Å². The quantitative estimate of drug-likeness (QED) is 0.0119. The molecule has 0 unspecified atom stereocenters. The summed E-state index contributed by atoms with van der Waals surface area (Å²) in [6.07, 6.45) is 7.04. The zero-order chi connectivity index (χ0) is 106. The maximum absolute atomic E-state index is 9.66. The summed E-state index contributed by atoms with van der Waals surface area (Å²) < 4.78 is 26.8. The fourth-order valence-corrected chi connectivity index (χ4v) is 19.6. The lowest BCUT2D eigenvalue weighted by Crippen LogP contribution is -2.47. The molecule has 8 aromatic heterocycles. The number of imidazole rings is 4. The second-order valence-electron chi connectivity index (χ2n) is 41.6. The topological polar surface area (TPSA) is 373 Å². The molecule has 3 aliphatic rings. The Bertz CT molecular complexity index is 6650. The first kappa shape index (κ1) is 115. The maximum atomic E-state index is 9.66. The molecule has 10 N–H and O–H groups in total. The molecule has 15 aromatic rings. The molecule has 792 valence electrons. The number of rotatable bonds is 29. The second-order valence-corrected chi connectivity index (χ2v) is 57.1. The SMILES string of the molecule is CC(C)(C)[Si](C)(C)OCCn1cnc2c(Cl)nc(Cl)nc21.C[C@H](N)c1ccccc1.C[C@H](Nc1nc(Cl)nc2c1ncn2CCO[Si](C)(C)C(C)(C)C)c1ccccc1.C[C@H](Nc1nc(N2CCN(c3ccc(O)cc3)CC2)nc2c1ncn2CCO)c1ccccc1.C[C@H](Nc1nc(N2CCN(c3ccc(O)cc3)CC2)nc2c1ncn2CCO[Si](C)(C)C(C)(C)C)c1ccccc1.Cl.Oc1ccc(N2CCNCC2)cc1. The van der Waals surface area contributed by atoms with Crippen molar-refractivity contribution in [2.24, 2.45) is 5.73 Å². The van der Waals surface area contributed by atoms with E-state index in [4.69, 9.17) is 83.8 Å². The molecule has 18 rings (SSSR count). The Kier molecular flexibility index (Phi) is 40.4. The van der Waals surface area contributed by atoms with Crippen LogP contribution in [0.4, 0.5) is 46.4 Å². The minimum atomic E-state index is -1.86. The number of nitrogens with two attached hydrogens (primary N) is 1. The predicted octanol–water partition coefficient (Wildman–Crippen LogP) is 21.8. The van der Waals surface area contributed by atoms with E-state index in [1.54, 1.807) is 55.4 Å². The van der Waals surface area contributed by atoms with E-state index in [1.807, 2.05) is 136 Å². The van der Waals surface area contributed by atoms with E-state index in [-0.39, 0.29) is 85.5 Å². The van der Waals surface area contributed by atoms with Gasteiger partial charge in [-0.15, -0.1) is 12.4 Å². The van der Waals surface area contributed by atoms with Crippen LogP contribution in [0.25, 0.3) is 44.7 Å². The molecule has 7 aromatic carbocycles. The Labute approximate surface area is 894 Å². The van der Waals surface area contributed by atoms with Gasteiger partial charge in [-0.25, -0.2) is 24.9 Å². The molecule has 4 atom stereocenters. The number of piperazine rings is 3. The normalized spacial score (nSPS) is 14.6. The number of hydrogen-bond donors (Lipinski definition) is 9. The van der Waals surface area contributed by atoms with Gasteiger partial charge >= 0.3 is 0 Å². The van der Waals surface area contributed by atoms with Crippen LogP contribution in [0.15, 0.2) is 219 Å². The first-order chi connectivity index (χ1) is 70.0. The van der Waals surface area contributed by atoms with Crippen LogP contribution in [0.3, 0.4) is 0 Å². The number of benzene rings is 7. The summed E-state index contributed by atoms with van der Waals surface area (Å²) in [5.41, 5.74) is 19.3. The van der Waals surface area contributed by atoms with Crippen molar-refractivity contribution in [1.29, 1.82) is 0 Å². The van der Waals surface area contributed by atoms with Crippen LogP contribution in [0.5, 0.6) is 17.2 Å². The molecule has 3 aliphatic heterocycles. The Balaban J connectivity index is 0.000000166. The van der Waals surface area contributed by atoms with E-state index < -0.39 is 25.0 Å². The minimum absolute atomic E-state index is 0. The lowest BCUT2D eigenvalue weighted by atomic mass is 10.1. The van der Waals surface area contributed by atoms with E-state index in [1.165, 1.54) is 16.8 Å². The van der Waals surface area contributed by atoms with Crippen molar-refractivity contribution in [2.45, 2.75) is 195 Å². The number of aromatic nitrogens is 16. The number of aromatic hydroxyl groups is 3. The number of nitrogens with one attached hydrogen (secondary N) is 4. The lowest BCUT2D eigenvalue weighted by molar-refractivity contribution is 0.273. The van der Waals surface area contributed by atoms with Crippen LogP contribution in [0.1, 0.15) is 136 Å².